The third-order valence-corrected chi connectivity index (χ3v) is 7.63. The van der Waals surface area contributed by atoms with Crippen LogP contribution in [0.25, 0.3) is 11.0 Å². The van der Waals surface area contributed by atoms with Crippen LogP contribution in [0.5, 0.6) is 0 Å². The molecule has 1 aliphatic heterocycles. The fourth-order valence-electron chi connectivity index (χ4n) is 3.98. The Kier molecular flexibility index (Phi) is 6.17. The predicted octanol–water partition coefficient (Wildman–Crippen LogP) is 3.70. The number of hydrogen-bond donors (Lipinski definition) is 0. The number of sulfonamides is 1. The summed E-state index contributed by atoms with van der Waals surface area (Å²) in [5.41, 5.74) is 2.30. The van der Waals surface area contributed by atoms with Crippen LogP contribution in [0.2, 0.25) is 0 Å². The highest BCUT2D eigenvalue weighted by Crippen LogP contribution is 2.27. The van der Waals surface area contributed by atoms with Gasteiger partial charge in [0.15, 0.2) is 0 Å². The normalized spacial score (nSPS) is 17.4. The van der Waals surface area contributed by atoms with Gasteiger partial charge in [-0.1, -0.05) is 29.8 Å². The minimum Gasteiger partial charge on any atom is -0.460 e. The summed E-state index contributed by atoms with van der Waals surface area (Å²) in [7, 11) is -3.83. The zero-order valence-corrected chi connectivity index (χ0v) is 18.9. The summed E-state index contributed by atoms with van der Waals surface area (Å²) in [5.74, 6) is -0.617. The molecule has 1 aromatic heterocycles. The van der Waals surface area contributed by atoms with Crippen LogP contribution in [-0.4, -0.2) is 31.3 Å². The first-order valence-electron chi connectivity index (χ1n) is 10.5. The standard InChI is InChI=1S/C24H25NO6S/c1-16-6-9-19(10-7-16)32(28,29)25-12-4-3-5-21(25)24(27)30-15-18-14-23(26)31-22-13-17(2)8-11-20(18)22/h6-11,13-14,21H,3-5,12,15H2,1-2H3. The van der Waals surface area contributed by atoms with Gasteiger partial charge >= 0.3 is 11.6 Å². The molecule has 1 saturated heterocycles. The van der Waals surface area contributed by atoms with Gasteiger partial charge in [0.2, 0.25) is 10.0 Å². The van der Waals surface area contributed by atoms with Gasteiger partial charge in [-0.15, -0.1) is 0 Å². The number of fused-ring (bicyclic) bond motifs is 1. The number of carbonyl (C=O) groups is 1. The molecule has 8 heteroatoms. The van der Waals surface area contributed by atoms with Crippen LogP contribution in [0.1, 0.15) is 36.0 Å². The van der Waals surface area contributed by atoms with Crippen molar-refractivity contribution in [2.75, 3.05) is 6.54 Å². The lowest BCUT2D eigenvalue weighted by Gasteiger charge is -2.33. The number of ether oxygens (including phenoxy) is 1. The van der Waals surface area contributed by atoms with Crippen molar-refractivity contribution in [3.05, 3.63) is 75.6 Å². The molecule has 1 unspecified atom stereocenters. The highest BCUT2D eigenvalue weighted by molar-refractivity contribution is 7.89. The average Bonchev–Trinajstić information content (AvgIpc) is 2.77. The Balaban J connectivity index is 1.56. The van der Waals surface area contributed by atoms with Gasteiger partial charge in [0.25, 0.3) is 0 Å². The van der Waals surface area contributed by atoms with E-state index in [1.165, 1.54) is 10.4 Å². The average molecular weight is 456 g/mol. The number of aryl methyl sites for hydroxylation is 2. The molecule has 1 atom stereocenters. The molecule has 7 nitrogen and oxygen atoms in total. The Hall–Kier alpha value is -2.97. The number of carbonyl (C=O) groups excluding carboxylic acids is 1. The Morgan fingerprint density at radius 2 is 1.78 bits per heavy atom. The third kappa shape index (κ3) is 4.47. The van der Waals surface area contributed by atoms with E-state index in [0.29, 0.717) is 29.4 Å². The van der Waals surface area contributed by atoms with Crippen molar-refractivity contribution in [3.63, 3.8) is 0 Å². The molecule has 0 radical (unpaired) electrons. The number of nitrogens with zero attached hydrogens (tertiary/aromatic N) is 1. The summed E-state index contributed by atoms with van der Waals surface area (Å²) in [5, 5.41) is 0.677. The molecule has 168 valence electrons. The second-order valence-corrected chi connectivity index (χ2v) is 10.0. The first-order chi connectivity index (χ1) is 15.3. The molecule has 0 N–H and O–H groups in total. The first-order valence-corrected chi connectivity index (χ1v) is 12.0. The number of hydrogen-bond acceptors (Lipinski definition) is 6. The Morgan fingerprint density at radius 1 is 1.06 bits per heavy atom. The van der Waals surface area contributed by atoms with Gasteiger partial charge in [-0.25, -0.2) is 13.2 Å². The van der Waals surface area contributed by atoms with E-state index >= 15 is 0 Å². The molecule has 2 heterocycles. The minimum absolute atomic E-state index is 0.140. The number of rotatable bonds is 5. The third-order valence-electron chi connectivity index (χ3n) is 5.71. The largest absolute Gasteiger partial charge is 0.460 e. The summed E-state index contributed by atoms with van der Waals surface area (Å²) in [6.07, 6.45) is 1.80. The van der Waals surface area contributed by atoms with Gasteiger partial charge in [-0.05, 0) is 56.9 Å². The molecule has 0 bridgehead atoms. The lowest BCUT2D eigenvalue weighted by molar-refractivity contribution is -0.150. The molecule has 1 fully saturated rings. The Bertz CT molecular complexity index is 1310. The Labute approximate surface area is 186 Å². The van der Waals surface area contributed by atoms with Crippen LogP contribution in [0, 0.1) is 13.8 Å². The van der Waals surface area contributed by atoms with E-state index < -0.39 is 27.7 Å². The van der Waals surface area contributed by atoms with Crippen LogP contribution < -0.4 is 5.63 Å². The fraction of sp³-hybridized carbons (Fsp3) is 0.333. The van der Waals surface area contributed by atoms with E-state index in [9.17, 15) is 18.0 Å². The molecule has 32 heavy (non-hydrogen) atoms. The van der Waals surface area contributed by atoms with Gasteiger partial charge < -0.3 is 9.15 Å². The molecule has 1 aliphatic rings. The zero-order chi connectivity index (χ0) is 22.9. The van der Waals surface area contributed by atoms with E-state index in [1.807, 2.05) is 26.0 Å². The van der Waals surface area contributed by atoms with Crippen molar-refractivity contribution in [2.24, 2.45) is 0 Å². The summed E-state index contributed by atoms with van der Waals surface area (Å²) >= 11 is 0. The molecule has 2 aromatic carbocycles. The van der Waals surface area contributed by atoms with Gasteiger partial charge in [0, 0.05) is 23.6 Å². The summed E-state index contributed by atoms with van der Waals surface area (Å²) < 4.78 is 38.4. The van der Waals surface area contributed by atoms with Gasteiger partial charge in [0.1, 0.15) is 18.2 Å². The molecule has 4 rings (SSSR count). The van der Waals surface area contributed by atoms with Crippen LogP contribution in [0.15, 0.2) is 62.6 Å². The van der Waals surface area contributed by atoms with Crippen molar-refractivity contribution in [1.29, 1.82) is 0 Å². The smallest absolute Gasteiger partial charge is 0.336 e. The summed E-state index contributed by atoms with van der Waals surface area (Å²) in [6.45, 7) is 3.89. The second-order valence-electron chi connectivity index (χ2n) is 8.14. The maximum atomic E-state index is 13.2. The molecular weight excluding hydrogens is 430 g/mol. The molecular formula is C24H25NO6S. The predicted molar refractivity (Wildman–Crippen MR) is 120 cm³/mol. The van der Waals surface area contributed by atoms with E-state index in [1.54, 1.807) is 30.3 Å². The number of piperidine rings is 1. The van der Waals surface area contributed by atoms with Crippen LogP contribution in [0.3, 0.4) is 0 Å². The quantitative estimate of drug-likeness (QED) is 0.430. The maximum absolute atomic E-state index is 13.2. The van der Waals surface area contributed by atoms with Gasteiger partial charge in [-0.3, -0.25) is 4.79 Å². The molecule has 0 saturated carbocycles. The van der Waals surface area contributed by atoms with Crippen molar-refractivity contribution >= 4 is 27.0 Å². The molecule has 0 spiro atoms. The van der Waals surface area contributed by atoms with Gasteiger partial charge in [0.05, 0.1) is 4.90 Å². The fourth-order valence-corrected chi connectivity index (χ4v) is 5.62. The van der Waals surface area contributed by atoms with E-state index in [2.05, 4.69) is 0 Å². The number of esters is 1. The van der Waals surface area contributed by atoms with Crippen molar-refractivity contribution in [1.82, 2.24) is 4.31 Å². The SMILES string of the molecule is Cc1ccc(S(=O)(=O)N2CCCCC2C(=O)OCc2cc(=O)oc3cc(C)ccc23)cc1. The lowest BCUT2D eigenvalue weighted by Crippen LogP contribution is -2.48. The van der Waals surface area contributed by atoms with Gasteiger partial charge in [-0.2, -0.15) is 4.31 Å². The highest BCUT2D eigenvalue weighted by atomic mass is 32.2. The number of benzene rings is 2. The monoisotopic (exact) mass is 455 g/mol. The second kappa shape index (κ2) is 8.88. The topological polar surface area (TPSA) is 93.9 Å². The first kappa shape index (κ1) is 22.2. The highest BCUT2D eigenvalue weighted by Gasteiger charge is 2.38. The molecule has 3 aromatic rings. The summed E-state index contributed by atoms with van der Waals surface area (Å²) in [6, 6.07) is 12.4. The summed E-state index contributed by atoms with van der Waals surface area (Å²) in [4.78, 5) is 25.0. The van der Waals surface area contributed by atoms with Crippen molar-refractivity contribution in [3.8, 4) is 0 Å². The lowest BCUT2D eigenvalue weighted by atomic mass is 10.1. The zero-order valence-electron chi connectivity index (χ0n) is 18.0. The van der Waals surface area contributed by atoms with E-state index in [-0.39, 0.29) is 18.0 Å². The van der Waals surface area contributed by atoms with Crippen LogP contribution >= 0.6 is 0 Å². The van der Waals surface area contributed by atoms with Crippen LogP contribution in [0.4, 0.5) is 0 Å². The minimum atomic E-state index is -3.83. The van der Waals surface area contributed by atoms with Crippen LogP contribution in [-0.2, 0) is 26.2 Å². The van der Waals surface area contributed by atoms with E-state index in [4.69, 9.17) is 9.15 Å². The maximum Gasteiger partial charge on any atom is 0.336 e. The van der Waals surface area contributed by atoms with E-state index in [0.717, 1.165) is 17.5 Å². The Morgan fingerprint density at radius 3 is 2.53 bits per heavy atom. The van der Waals surface area contributed by atoms with Crippen molar-refractivity contribution in [2.45, 2.75) is 50.7 Å². The molecule has 0 amide bonds. The van der Waals surface area contributed by atoms with Crippen molar-refractivity contribution < 1.29 is 22.4 Å². The molecule has 0 aliphatic carbocycles.